The summed E-state index contributed by atoms with van der Waals surface area (Å²) in [5.41, 5.74) is 0. The van der Waals surface area contributed by atoms with Gasteiger partial charge in [0, 0.05) is 18.5 Å². The van der Waals surface area contributed by atoms with E-state index in [2.05, 4.69) is 10.6 Å². The fourth-order valence-electron chi connectivity index (χ4n) is 1.42. The molecule has 82 valence electrons. The van der Waals surface area contributed by atoms with E-state index in [1.165, 1.54) is 19.3 Å². The first-order chi connectivity index (χ1) is 6.70. The second kappa shape index (κ2) is 6.02. The van der Waals surface area contributed by atoms with E-state index in [-0.39, 0.29) is 11.8 Å². The van der Waals surface area contributed by atoms with Crippen molar-refractivity contribution in [3.8, 4) is 0 Å². The van der Waals surface area contributed by atoms with Crippen molar-refractivity contribution in [1.82, 2.24) is 10.6 Å². The van der Waals surface area contributed by atoms with Gasteiger partial charge in [-0.25, -0.2) is 0 Å². The molecule has 14 heavy (non-hydrogen) atoms. The lowest BCUT2D eigenvalue weighted by Gasteiger charge is -2.26. The molecular formula is C11H22N2O. The normalized spacial score (nSPS) is 16.8. The molecule has 3 heteroatoms. The molecular weight excluding hydrogens is 176 g/mol. The van der Waals surface area contributed by atoms with Crippen molar-refractivity contribution in [2.75, 3.05) is 13.1 Å². The lowest BCUT2D eigenvalue weighted by molar-refractivity contribution is -0.123. The number of nitrogens with one attached hydrogen (secondary N) is 2. The van der Waals surface area contributed by atoms with E-state index >= 15 is 0 Å². The van der Waals surface area contributed by atoms with Gasteiger partial charge in [-0.15, -0.1) is 0 Å². The first-order valence-corrected chi connectivity index (χ1v) is 5.71. The van der Waals surface area contributed by atoms with Crippen LogP contribution in [0.1, 0.15) is 39.5 Å². The minimum Gasteiger partial charge on any atom is -0.356 e. The Kier molecular flexibility index (Phi) is 4.94. The number of amides is 1. The van der Waals surface area contributed by atoms with E-state index in [9.17, 15) is 4.79 Å². The summed E-state index contributed by atoms with van der Waals surface area (Å²) in [5, 5.41) is 6.38. The third-order valence-electron chi connectivity index (χ3n) is 2.72. The van der Waals surface area contributed by atoms with Crippen LogP contribution in [0, 0.1) is 5.92 Å². The molecule has 0 heterocycles. The third-order valence-corrected chi connectivity index (χ3v) is 2.72. The van der Waals surface area contributed by atoms with E-state index in [4.69, 9.17) is 0 Å². The van der Waals surface area contributed by atoms with Gasteiger partial charge < -0.3 is 10.6 Å². The van der Waals surface area contributed by atoms with Gasteiger partial charge in [0.2, 0.25) is 5.91 Å². The molecule has 1 amide bonds. The fraction of sp³-hybridized carbons (Fsp3) is 0.909. The number of hydrogen-bond acceptors (Lipinski definition) is 2. The molecule has 0 bridgehead atoms. The highest BCUT2D eigenvalue weighted by molar-refractivity contribution is 5.77. The predicted molar refractivity (Wildman–Crippen MR) is 58.1 cm³/mol. The van der Waals surface area contributed by atoms with Crippen molar-refractivity contribution in [1.29, 1.82) is 0 Å². The summed E-state index contributed by atoms with van der Waals surface area (Å²) in [6, 6.07) is 0.760. The van der Waals surface area contributed by atoms with Crippen LogP contribution >= 0.6 is 0 Å². The quantitative estimate of drug-likeness (QED) is 0.631. The molecule has 0 spiro atoms. The van der Waals surface area contributed by atoms with E-state index in [0.717, 1.165) is 25.6 Å². The molecule has 1 rings (SSSR count). The van der Waals surface area contributed by atoms with Crippen LogP contribution < -0.4 is 10.6 Å². The third kappa shape index (κ3) is 4.09. The molecule has 3 nitrogen and oxygen atoms in total. The van der Waals surface area contributed by atoms with Gasteiger partial charge in [-0.3, -0.25) is 4.79 Å². The molecule has 1 aliphatic carbocycles. The van der Waals surface area contributed by atoms with E-state index in [0.29, 0.717) is 0 Å². The van der Waals surface area contributed by atoms with Gasteiger partial charge in [-0.05, 0) is 25.8 Å². The Morgan fingerprint density at radius 3 is 2.57 bits per heavy atom. The number of hydrogen-bond donors (Lipinski definition) is 2. The Labute approximate surface area is 86.6 Å². The molecule has 0 saturated heterocycles. The van der Waals surface area contributed by atoms with Crippen LogP contribution in [0.25, 0.3) is 0 Å². The van der Waals surface area contributed by atoms with Crippen LogP contribution in [0.2, 0.25) is 0 Å². The highest BCUT2D eigenvalue weighted by atomic mass is 16.1. The molecule has 2 N–H and O–H groups in total. The molecule has 0 unspecified atom stereocenters. The molecule has 1 aliphatic rings. The zero-order valence-electron chi connectivity index (χ0n) is 9.31. The van der Waals surface area contributed by atoms with Gasteiger partial charge >= 0.3 is 0 Å². The van der Waals surface area contributed by atoms with Gasteiger partial charge in [0.25, 0.3) is 0 Å². The molecule has 0 aliphatic heterocycles. The van der Waals surface area contributed by atoms with Crippen LogP contribution in [0.5, 0.6) is 0 Å². The molecule has 0 aromatic rings. The molecule has 0 radical (unpaired) electrons. The predicted octanol–water partition coefficient (Wildman–Crippen LogP) is 1.29. The molecule has 0 atom stereocenters. The van der Waals surface area contributed by atoms with Crippen LogP contribution in [-0.2, 0) is 4.79 Å². The summed E-state index contributed by atoms with van der Waals surface area (Å²) in [4.78, 5) is 11.2. The Hall–Kier alpha value is -0.570. The number of carbonyl (C=O) groups excluding carboxylic acids is 1. The topological polar surface area (TPSA) is 41.1 Å². The minimum absolute atomic E-state index is 0.106. The summed E-state index contributed by atoms with van der Waals surface area (Å²) in [5.74, 6) is 0.267. The minimum atomic E-state index is 0.106. The van der Waals surface area contributed by atoms with Crippen molar-refractivity contribution in [3.05, 3.63) is 0 Å². The van der Waals surface area contributed by atoms with Crippen molar-refractivity contribution < 1.29 is 4.79 Å². The average molecular weight is 198 g/mol. The smallest absolute Gasteiger partial charge is 0.222 e. The molecule has 1 saturated carbocycles. The summed E-state index contributed by atoms with van der Waals surface area (Å²) in [7, 11) is 0. The second-order valence-corrected chi connectivity index (χ2v) is 4.38. The Morgan fingerprint density at radius 2 is 2.07 bits per heavy atom. The average Bonchev–Trinajstić information content (AvgIpc) is 2.07. The highest BCUT2D eigenvalue weighted by Crippen LogP contribution is 2.17. The first kappa shape index (κ1) is 11.5. The first-order valence-electron chi connectivity index (χ1n) is 5.71. The Balaban J connectivity index is 1.86. The van der Waals surface area contributed by atoms with Crippen LogP contribution in [0.3, 0.4) is 0 Å². The number of carbonyl (C=O) groups is 1. The summed E-state index contributed by atoms with van der Waals surface area (Å²) < 4.78 is 0. The van der Waals surface area contributed by atoms with Crippen molar-refractivity contribution in [3.63, 3.8) is 0 Å². The summed E-state index contributed by atoms with van der Waals surface area (Å²) >= 11 is 0. The maximum absolute atomic E-state index is 11.2. The van der Waals surface area contributed by atoms with Gasteiger partial charge in [0.1, 0.15) is 0 Å². The van der Waals surface area contributed by atoms with E-state index in [1.54, 1.807) is 0 Å². The number of rotatable bonds is 6. The lowest BCUT2D eigenvalue weighted by Crippen LogP contribution is -2.37. The molecule has 1 fully saturated rings. The Morgan fingerprint density at radius 1 is 1.36 bits per heavy atom. The van der Waals surface area contributed by atoms with Gasteiger partial charge in [0.15, 0.2) is 0 Å². The van der Waals surface area contributed by atoms with Crippen LogP contribution in [0.15, 0.2) is 0 Å². The maximum atomic E-state index is 11.2. The van der Waals surface area contributed by atoms with E-state index < -0.39 is 0 Å². The van der Waals surface area contributed by atoms with Crippen molar-refractivity contribution in [2.24, 2.45) is 5.92 Å². The Bertz CT molecular complexity index is 176. The zero-order chi connectivity index (χ0) is 10.4. The lowest BCUT2D eigenvalue weighted by atomic mass is 9.93. The van der Waals surface area contributed by atoms with Gasteiger partial charge in [-0.2, -0.15) is 0 Å². The summed E-state index contributed by atoms with van der Waals surface area (Å²) in [6.07, 6.45) is 5.08. The van der Waals surface area contributed by atoms with Crippen LogP contribution in [0.4, 0.5) is 0 Å². The maximum Gasteiger partial charge on any atom is 0.222 e. The van der Waals surface area contributed by atoms with Crippen LogP contribution in [-0.4, -0.2) is 25.0 Å². The summed E-state index contributed by atoms with van der Waals surface area (Å²) in [6.45, 7) is 5.67. The highest BCUT2D eigenvalue weighted by Gasteiger charge is 2.15. The monoisotopic (exact) mass is 198 g/mol. The zero-order valence-corrected chi connectivity index (χ0v) is 9.31. The SMILES string of the molecule is CC(C)C(=O)NCCCNC1CCC1. The largest absolute Gasteiger partial charge is 0.356 e. The van der Waals surface area contributed by atoms with Gasteiger partial charge in [0.05, 0.1) is 0 Å². The standard InChI is InChI=1S/C11H22N2O/c1-9(2)11(14)13-8-4-7-12-10-5-3-6-10/h9-10,12H,3-8H2,1-2H3,(H,13,14). The molecule has 0 aromatic heterocycles. The van der Waals surface area contributed by atoms with E-state index in [1.807, 2.05) is 13.8 Å². The second-order valence-electron chi connectivity index (χ2n) is 4.38. The van der Waals surface area contributed by atoms with Gasteiger partial charge in [-0.1, -0.05) is 20.3 Å². The van der Waals surface area contributed by atoms with Crippen molar-refractivity contribution in [2.45, 2.75) is 45.6 Å². The molecule has 0 aromatic carbocycles. The van der Waals surface area contributed by atoms with Crippen molar-refractivity contribution >= 4 is 5.91 Å². The fourth-order valence-corrected chi connectivity index (χ4v) is 1.42.